The van der Waals surface area contributed by atoms with E-state index < -0.39 is 11.4 Å². The molecule has 8 nitrogen and oxygen atoms in total. The Bertz CT molecular complexity index is 671. The molecule has 2 aliphatic heterocycles. The van der Waals surface area contributed by atoms with Crippen LogP contribution in [0, 0.1) is 11.3 Å². The molecule has 3 rings (SSSR count). The standard InChI is InChI=1S/C17H26N4O4/c1-11(2)14-5-13(18-25-14)8-20-6-12-7-21(16(24)19(3)4)10-17(12,9-20)15(22)23/h5,11-12H,6-10H2,1-4H3,(H,22,23)/t12-,17-/m0/s1. The highest BCUT2D eigenvalue weighted by molar-refractivity contribution is 5.80. The van der Waals surface area contributed by atoms with E-state index in [9.17, 15) is 14.7 Å². The van der Waals surface area contributed by atoms with Crippen LogP contribution >= 0.6 is 0 Å². The van der Waals surface area contributed by atoms with Crippen LogP contribution in [0.15, 0.2) is 10.6 Å². The van der Waals surface area contributed by atoms with E-state index in [1.54, 1.807) is 19.0 Å². The van der Waals surface area contributed by atoms with E-state index in [0.29, 0.717) is 26.2 Å². The topological polar surface area (TPSA) is 90.1 Å². The smallest absolute Gasteiger partial charge is 0.319 e. The second-order valence-corrected chi connectivity index (χ2v) is 7.76. The number of likely N-dealkylation sites (tertiary alicyclic amines) is 2. The van der Waals surface area contributed by atoms with E-state index in [0.717, 1.165) is 11.5 Å². The van der Waals surface area contributed by atoms with Gasteiger partial charge in [0.1, 0.15) is 11.2 Å². The third kappa shape index (κ3) is 3.10. The van der Waals surface area contributed by atoms with E-state index in [1.165, 1.54) is 4.90 Å². The molecule has 2 aliphatic rings. The molecule has 0 radical (unpaired) electrons. The Balaban J connectivity index is 1.71. The summed E-state index contributed by atoms with van der Waals surface area (Å²) in [6.45, 7) is 6.47. The predicted octanol–water partition coefficient (Wildman–Crippen LogP) is 1.30. The Hall–Kier alpha value is -2.09. The van der Waals surface area contributed by atoms with Gasteiger partial charge in [0.05, 0.1) is 5.69 Å². The monoisotopic (exact) mass is 350 g/mol. The van der Waals surface area contributed by atoms with Crippen molar-refractivity contribution in [1.29, 1.82) is 0 Å². The Morgan fingerprint density at radius 3 is 2.64 bits per heavy atom. The molecule has 1 N–H and O–H groups in total. The summed E-state index contributed by atoms with van der Waals surface area (Å²) >= 11 is 0. The molecule has 0 aliphatic carbocycles. The quantitative estimate of drug-likeness (QED) is 0.880. The minimum atomic E-state index is -0.893. The summed E-state index contributed by atoms with van der Waals surface area (Å²) in [7, 11) is 3.38. The number of fused-ring (bicyclic) bond motifs is 1. The Labute approximate surface area is 147 Å². The normalized spacial score (nSPS) is 26.3. The lowest BCUT2D eigenvalue weighted by molar-refractivity contribution is -0.148. The van der Waals surface area contributed by atoms with Gasteiger partial charge in [0, 0.05) is 64.7 Å². The van der Waals surface area contributed by atoms with Crippen LogP contribution in [-0.2, 0) is 11.3 Å². The van der Waals surface area contributed by atoms with Gasteiger partial charge in [-0.25, -0.2) is 4.79 Å². The molecule has 2 amide bonds. The van der Waals surface area contributed by atoms with Crippen molar-refractivity contribution in [3.63, 3.8) is 0 Å². The van der Waals surface area contributed by atoms with Gasteiger partial charge in [-0.15, -0.1) is 0 Å². The fourth-order valence-corrected chi connectivity index (χ4v) is 3.92. The fraction of sp³-hybridized carbons (Fsp3) is 0.706. The highest BCUT2D eigenvalue weighted by Gasteiger charge is 2.58. The zero-order valence-electron chi connectivity index (χ0n) is 15.2. The summed E-state index contributed by atoms with van der Waals surface area (Å²) in [4.78, 5) is 29.5. The molecule has 3 heterocycles. The highest BCUT2D eigenvalue weighted by Crippen LogP contribution is 2.43. The molecular formula is C17H26N4O4. The van der Waals surface area contributed by atoms with Crippen LogP contribution in [0.2, 0.25) is 0 Å². The van der Waals surface area contributed by atoms with Crippen LogP contribution < -0.4 is 0 Å². The number of hydrogen-bond donors (Lipinski definition) is 1. The Morgan fingerprint density at radius 1 is 1.40 bits per heavy atom. The maximum atomic E-state index is 12.2. The van der Waals surface area contributed by atoms with Gasteiger partial charge in [-0.3, -0.25) is 9.69 Å². The zero-order chi connectivity index (χ0) is 18.4. The molecular weight excluding hydrogens is 324 g/mol. The second-order valence-electron chi connectivity index (χ2n) is 7.76. The van der Waals surface area contributed by atoms with Crippen LogP contribution in [0.25, 0.3) is 0 Å². The minimum Gasteiger partial charge on any atom is -0.481 e. The summed E-state index contributed by atoms with van der Waals surface area (Å²) in [5.41, 5.74) is -0.0681. The molecule has 138 valence electrons. The zero-order valence-corrected chi connectivity index (χ0v) is 15.2. The molecule has 25 heavy (non-hydrogen) atoms. The molecule has 2 fully saturated rings. The lowest BCUT2D eigenvalue weighted by Crippen LogP contribution is -2.44. The maximum Gasteiger partial charge on any atom is 0.319 e. The number of carbonyl (C=O) groups excluding carboxylic acids is 1. The highest BCUT2D eigenvalue weighted by atomic mass is 16.5. The van der Waals surface area contributed by atoms with Crippen LogP contribution in [0.1, 0.15) is 31.2 Å². The lowest BCUT2D eigenvalue weighted by Gasteiger charge is -2.26. The molecule has 8 heteroatoms. The van der Waals surface area contributed by atoms with E-state index in [4.69, 9.17) is 4.52 Å². The van der Waals surface area contributed by atoms with Gasteiger partial charge in [0.15, 0.2) is 0 Å². The number of rotatable bonds is 4. The van der Waals surface area contributed by atoms with Gasteiger partial charge >= 0.3 is 12.0 Å². The fourth-order valence-electron chi connectivity index (χ4n) is 3.92. The van der Waals surface area contributed by atoms with E-state index in [1.807, 2.05) is 19.9 Å². The van der Waals surface area contributed by atoms with Crippen molar-refractivity contribution in [2.45, 2.75) is 26.3 Å². The number of carboxylic acid groups (broad SMARTS) is 1. The van der Waals surface area contributed by atoms with E-state index in [-0.39, 0.29) is 24.4 Å². The van der Waals surface area contributed by atoms with Crippen molar-refractivity contribution < 1.29 is 19.2 Å². The van der Waals surface area contributed by atoms with E-state index in [2.05, 4.69) is 10.1 Å². The van der Waals surface area contributed by atoms with Crippen LogP contribution in [-0.4, -0.2) is 77.2 Å². The average Bonchev–Trinajstić information content (AvgIpc) is 3.19. The number of urea groups is 1. The third-order valence-electron chi connectivity index (χ3n) is 5.29. The van der Waals surface area contributed by atoms with Gasteiger partial charge in [-0.1, -0.05) is 19.0 Å². The largest absolute Gasteiger partial charge is 0.481 e. The molecule has 0 spiro atoms. The van der Waals surface area contributed by atoms with E-state index >= 15 is 0 Å². The third-order valence-corrected chi connectivity index (χ3v) is 5.29. The van der Waals surface area contributed by atoms with Crippen LogP contribution in [0.4, 0.5) is 4.79 Å². The summed E-state index contributed by atoms with van der Waals surface area (Å²) < 4.78 is 5.33. The number of aliphatic carboxylic acids is 1. The van der Waals surface area contributed by atoms with Crippen molar-refractivity contribution in [1.82, 2.24) is 19.9 Å². The predicted molar refractivity (Wildman–Crippen MR) is 90.1 cm³/mol. The first-order valence-corrected chi connectivity index (χ1v) is 8.60. The molecule has 2 atom stereocenters. The number of amides is 2. The first kappa shape index (κ1) is 17.7. The average molecular weight is 350 g/mol. The van der Waals surface area contributed by atoms with Gasteiger partial charge in [-0.05, 0) is 0 Å². The van der Waals surface area contributed by atoms with Gasteiger partial charge in [0.2, 0.25) is 0 Å². The molecule has 2 saturated heterocycles. The van der Waals surface area contributed by atoms with Crippen molar-refractivity contribution in [3.8, 4) is 0 Å². The first-order chi connectivity index (χ1) is 11.7. The number of hydrogen-bond acceptors (Lipinski definition) is 5. The first-order valence-electron chi connectivity index (χ1n) is 8.60. The van der Waals surface area contributed by atoms with Crippen molar-refractivity contribution in [3.05, 3.63) is 17.5 Å². The summed E-state index contributed by atoms with van der Waals surface area (Å²) in [5.74, 6) is 0.225. The number of nitrogens with zero attached hydrogens (tertiary/aromatic N) is 4. The number of aromatic nitrogens is 1. The van der Waals surface area contributed by atoms with Gasteiger partial charge in [-0.2, -0.15) is 0 Å². The minimum absolute atomic E-state index is 0.0645. The molecule has 1 aromatic heterocycles. The number of carboxylic acids is 1. The number of carbonyl (C=O) groups is 2. The van der Waals surface area contributed by atoms with Crippen molar-refractivity contribution in [2.75, 3.05) is 40.3 Å². The molecule has 0 saturated carbocycles. The summed E-state index contributed by atoms with van der Waals surface area (Å²) in [6.07, 6.45) is 0. The van der Waals surface area contributed by atoms with Crippen LogP contribution in [0.5, 0.6) is 0 Å². The van der Waals surface area contributed by atoms with Crippen molar-refractivity contribution >= 4 is 12.0 Å². The summed E-state index contributed by atoms with van der Waals surface area (Å²) in [5, 5.41) is 14.0. The molecule has 0 aromatic carbocycles. The Kier molecular flexibility index (Phi) is 4.49. The molecule has 0 unspecified atom stereocenters. The lowest BCUT2D eigenvalue weighted by atomic mass is 9.81. The maximum absolute atomic E-state index is 12.2. The SMILES string of the molecule is CC(C)c1cc(CN2C[C@H]3CN(C(=O)N(C)C)C[C@@]3(C(=O)O)C2)no1. The van der Waals surface area contributed by atoms with Gasteiger partial charge in [0.25, 0.3) is 0 Å². The molecule has 0 bridgehead atoms. The van der Waals surface area contributed by atoms with Crippen molar-refractivity contribution in [2.24, 2.45) is 11.3 Å². The Morgan fingerprint density at radius 2 is 2.12 bits per heavy atom. The van der Waals surface area contributed by atoms with Crippen LogP contribution in [0.3, 0.4) is 0 Å². The summed E-state index contributed by atoms with van der Waals surface area (Å²) in [6, 6.07) is 1.81. The second kappa shape index (κ2) is 6.33. The molecule has 1 aromatic rings. The van der Waals surface area contributed by atoms with Gasteiger partial charge < -0.3 is 19.4 Å².